The van der Waals surface area contributed by atoms with Crippen LogP contribution in [0.3, 0.4) is 0 Å². The van der Waals surface area contributed by atoms with E-state index in [1.807, 2.05) is 13.8 Å². The summed E-state index contributed by atoms with van der Waals surface area (Å²) < 4.78 is 0. The van der Waals surface area contributed by atoms with E-state index in [1.165, 1.54) is 24.2 Å². The second-order valence-electron chi connectivity index (χ2n) is 5.87. The van der Waals surface area contributed by atoms with Gasteiger partial charge < -0.3 is 4.90 Å². The van der Waals surface area contributed by atoms with E-state index in [0.29, 0.717) is 5.92 Å². The van der Waals surface area contributed by atoms with E-state index < -0.39 is 0 Å². The van der Waals surface area contributed by atoms with Crippen molar-refractivity contribution in [3.8, 4) is 0 Å². The fourth-order valence-corrected chi connectivity index (χ4v) is 2.69. The van der Waals surface area contributed by atoms with E-state index >= 15 is 0 Å². The summed E-state index contributed by atoms with van der Waals surface area (Å²) in [4.78, 5) is 2.32. The highest BCUT2D eigenvalue weighted by molar-refractivity contribution is 5.31. The zero-order valence-electron chi connectivity index (χ0n) is 14.8. The van der Waals surface area contributed by atoms with Crippen molar-refractivity contribution in [3.63, 3.8) is 0 Å². The van der Waals surface area contributed by atoms with Crippen LogP contribution in [0.25, 0.3) is 0 Å². The third-order valence-corrected chi connectivity index (χ3v) is 3.85. The Morgan fingerprint density at radius 1 is 0.818 bits per heavy atom. The van der Waals surface area contributed by atoms with Gasteiger partial charge in [-0.3, -0.25) is 0 Å². The van der Waals surface area contributed by atoms with Crippen LogP contribution in [0.2, 0.25) is 0 Å². The second kappa shape index (κ2) is 10.2. The van der Waals surface area contributed by atoms with Crippen molar-refractivity contribution in [1.29, 1.82) is 0 Å². The first kappa shape index (κ1) is 18.4. The molecular formula is C21H31N. The molecule has 0 amide bonds. The Labute approximate surface area is 137 Å². The summed E-state index contributed by atoms with van der Waals surface area (Å²) >= 11 is 0. The van der Waals surface area contributed by atoms with Gasteiger partial charge in [0.05, 0.1) is 0 Å². The molecule has 1 heterocycles. The largest absolute Gasteiger partial charge is 0.306 e. The molecule has 3 rings (SSSR count). The van der Waals surface area contributed by atoms with Crippen LogP contribution in [-0.4, -0.2) is 25.0 Å². The summed E-state index contributed by atoms with van der Waals surface area (Å²) in [7, 11) is 2.15. The Bertz CT molecular complexity index is 440. The van der Waals surface area contributed by atoms with E-state index in [1.54, 1.807) is 0 Å². The number of hydrogen-bond donors (Lipinski definition) is 0. The number of likely N-dealkylation sites (tertiary alicyclic amines) is 1. The molecule has 2 aromatic carbocycles. The van der Waals surface area contributed by atoms with Crippen LogP contribution < -0.4 is 0 Å². The molecule has 1 fully saturated rings. The van der Waals surface area contributed by atoms with E-state index in [2.05, 4.69) is 86.5 Å². The summed E-state index contributed by atoms with van der Waals surface area (Å²) in [6.07, 6.45) is 0. The lowest BCUT2D eigenvalue weighted by Gasteiger charge is -2.33. The maximum atomic E-state index is 2.32. The smallest absolute Gasteiger partial charge is 0.00610 e. The summed E-state index contributed by atoms with van der Waals surface area (Å²) in [6, 6.07) is 21.2. The van der Waals surface area contributed by atoms with Crippen LogP contribution >= 0.6 is 0 Å². The molecule has 0 N–H and O–H groups in total. The number of hydrogen-bond acceptors (Lipinski definition) is 1. The van der Waals surface area contributed by atoms with Gasteiger partial charge in [0, 0.05) is 19.0 Å². The first-order valence-corrected chi connectivity index (χ1v) is 8.45. The molecule has 120 valence electrons. The lowest BCUT2D eigenvalue weighted by Crippen LogP contribution is -2.41. The van der Waals surface area contributed by atoms with Gasteiger partial charge in [-0.2, -0.15) is 0 Å². The summed E-state index contributed by atoms with van der Waals surface area (Å²) in [5.74, 6) is 1.45. The van der Waals surface area contributed by atoms with Gasteiger partial charge in [-0.1, -0.05) is 88.4 Å². The van der Waals surface area contributed by atoms with Crippen LogP contribution in [0.15, 0.2) is 60.7 Å². The van der Waals surface area contributed by atoms with Crippen molar-refractivity contribution in [2.24, 2.45) is 5.92 Å². The van der Waals surface area contributed by atoms with Crippen LogP contribution in [0, 0.1) is 5.92 Å². The third kappa shape index (κ3) is 6.03. The Balaban J connectivity index is 0.000000253. The summed E-state index contributed by atoms with van der Waals surface area (Å²) in [5.41, 5.74) is 2.75. The van der Waals surface area contributed by atoms with Crippen LogP contribution in [0.5, 0.6) is 0 Å². The topological polar surface area (TPSA) is 3.24 Å². The van der Waals surface area contributed by atoms with Gasteiger partial charge in [0.1, 0.15) is 0 Å². The molecule has 22 heavy (non-hydrogen) atoms. The lowest BCUT2D eigenvalue weighted by molar-refractivity contribution is 0.149. The molecule has 0 unspecified atom stereocenters. The summed E-state index contributed by atoms with van der Waals surface area (Å²) in [6.45, 7) is 11.1. The van der Waals surface area contributed by atoms with Gasteiger partial charge in [0.2, 0.25) is 0 Å². The standard InChI is InChI=1S/C14H14.C5H11N.C2H6/c1-12(13-8-4-2-5-9-13)14-10-6-3-7-11-14;1-5-3-6(2)4-5;1-2/h2-12H,1H3;5H,3-4H2,1-2H3;1-2H3. The van der Waals surface area contributed by atoms with Crippen LogP contribution in [0.4, 0.5) is 0 Å². The van der Waals surface area contributed by atoms with Gasteiger partial charge in [0.25, 0.3) is 0 Å². The molecule has 1 aliphatic heterocycles. The maximum absolute atomic E-state index is 2.32. The Kier molecular flexibility index (Phi) is 8.54. The molecule has 0 bridgehead atoms. The Morgan fingerprint density at radius 2 is 1.18 bits per heavy atom. The maximum Gasteiger partial charge on any atom is 0.00610 e. The van der Waals surface area contributed by atoms with Gasteiger partial charge in [0.15, 0.2) is 0 Å². The summed E-state index contributed by atoms with van der Waals surface area (Å²) in [5, 5.41) is 0. The first-order valence-electron chi connectivity index (χ1n) is 8.45. The highest BCUT2D eigenvalue weighted by Crippen LogP contribution is 2.22. The van der Waals surface area contributed by atoms with Gasteiger partial charge in [-0.25, -0.2) is 0 Å². The highest BCUT2D eigenvalue weighted by atomic mass is 15.2. The van der Waals surface area contributed by atoms with Crippen LogP contribution in [-0.2, 0) is 0 Å². The van der Waals surface area contributed by atoms with Crippen LogP contribution in [0.1, 0.15) is 44.7 Å². The van der Waals surface area contributed by atoms with Crippen molar-refractivity contribution >= 4 is 0 Å². The first-order chi connectivity index (χ1) is 10.7. The quantitative estimate of drug-likeness (QED) is 0.714. The SMILES string of the molecule is CC.CC(c1ccccc1)c1ccccc1.CC1CN(C)C1. The normalized spacial score (nSPS) is 14.3. The van der Waals surface area contributed by atoms with Crippen molar-refractivity contribution in [3.05, 3.63) is 71.8 Å². The van der Waals surface area contributed by atoms with E-state index in [9.17, 15) is 0 Å². The van der Waals surface area contributed by atoms with Crippen molar-refractivity contribution in [2.45, 2.75) is 33.6 Å². The minimum absolute atomic E-state index is 0.484. The van der Waals surface area contributed by atoms with Crippen molar-refractivity contribution < 1.29 is 0 Å². The van der Waals surface area contributed by atoms with Gasteiger partial charge in [-0.05, 0) is 24.1 Å². The number of rotatable bonds is 2. The molecule has 0 saturated carbocycles. The monoisotopic (exact) mass is 297 g/mol. The molecule has 2 aromatic rings. The average Bonchev–Trinajstić information content (AvgIpc) is 2.57. The van der Waals surface area contributed by atoms with Crippen molar-refractivity contribution in [1.82, 2.24) is 4.90 Å². The van der Waals surface area contributed by atoms with E-state index in [0.717, 1.165) is 5.92 Å². The molecule has 0 atom stereocenters. The minimum atomic E-state index is 0.484. The fourth-order valence-electron chi connectivity index (χ4n) is 2.69. The fraction of sp³-hybridized carbons (Fsp3) is 0.429. The average molecular weight is 297 g/mol. The molecule has 0 aliphatic carbocycles. The molecular weight excluding hydrogens is 266 g/mol. The molecule has 1 nitrogen and oxygen atoms in total. The molecule has 0 aromatic heterocycles. The van der Waals surface area contributed by atoms with Gasteiger partial charge >= 0.3 is 0 Å². The second-order valence-corrected chi connectivity index (χ2v) is 5.87. The van der Waals surface area contributed by atoms with Crippen molar-refractivity contribution in [2.75, 3.05) is 20.1 Å². The Morgan fingerprint density at radius 3 is 1.41 bits per heavy atom. The molecule has 1 heteroatoms. The lowest BCUT2D eigenvalue weighted by atomic mass is 9.93. The minimum Gasteiger partial charge on any atom is -0.306 e. The molecule has 0 radical (unpaired) electrons. The van der Waals surface area contributed by atoms with Gasteiger partial charge in [-0.15, -0.1) is 0 Å². The Hall–Kier alpha value is -1.60. The number of benzene rings is 2. The zero-order chi connectivity index (χ0) is 16.4. The third-order valence-electron chi connectivity index (χ3n) is 3.85. The van der Waals surface area contributed by atoms with E-state index in [4.69, 9.17) is 0 Å². The predicted molar refractivity (Wildman–Crippen MR) is 98.4 cm³/mol. The molecule has 1 aliphatic rings. The van der Waals surface area contributed by atoms with E-state index in [-0.39, 0.29) is 0 Å². The zero-order valence-corrected chi connectivity index (χ0v) is 14.8. The molecule has 0 spiro atoms. The number of nitrogens with zero attached hydrogens (tertiary/aromatic N) is 1. The highest BCUT2D eigenvalue weighted by Gasteiger charge is 2.16. The molecule has 1 saturated heterocycles. The predicted octanol–water partition coefficient (Wildman–Crippen LogP) is 5.43.